The lowest BCUT2D eigenvalue weighted by molar-refractivity contribution is 0.727. The number of nitriles is 1. The highest BCUT2D eigenvalue weighted by molar-refractivity contribution is 6.31. The molecular weight excluding hydrogens is 248 g/mol. The number of benzene rings is 1. The molecule has 3 nitrogen and oxygen atoms in total. The van der Waals surface area contributed by atoms with Crippen LogP contribution < -0.4 is 5.56 Å². The predicted molar refractivity (Wildman–Crippen MR) is 70.7 cm³/mol. The van der Waals surface area contributed by atoms with Crippen LogP contribution in [0.1, 0.15) is 16.8 Å². The summed E-state index contributed by atoms with van der Waals surface area (Å²) in [5, 5.41) is 9.48. The molecule has 90 valence electrons. The highest BCUT2D eigenvalue weighted by Crippen LogP contribution is 2.16. The summed E-state index contributed by atoms with van der Waals surface area (Å²) in [6, 6.07) is 12.6. The van der Waals surface area contributed by atoms with Crippen molar-refractivity contribution in [1.82, 2.24) is 4.57 Å². The van der Waals surface area contributed by atoms with E-state index in [2.05, 4.69) is 0 Å². The van der Waals surface area contributed by atoms with Crippen LogP contribution in [0.15, 0.2) is 41.2 Å². The Labute approximate surface area is 110 Å². The van der Waals surface area contributed by atoms with Crippen LogP contribution in [0.2, 0.25) is 5.02 Å². The Hall–Kier alpha value is -2.05. The number of aryl methyl sites for hydroxylation is 1. The Morgan fingerprint density at radius 1 is 1.28 bits per heavy atom. The minimum absolute atomic E-state index is 0.146. The van der Waals surface area contributed by atoms with E-state index in [1.54, 1.807) is 22.8 Å². The van der Waals surface area contributed by atoms with E-state index in [1.165, 1.54) is 0 Å². The van der Waals surface area contributed by atoms with E-state index in [1.807, 2.05) is 31.2 Å². The molecule has 2 rings (SSSR count). The number of pyridine rings is 1. The van der Waals surface area contributed by atoms with Gasteiger partial charge in [0.1, 0.15) is 11.6 Å². The van der Waals surface area contributed by atoms with Gasteiger partial charge >= 0.3 is 0 Å². The van der Waals surface area contributed by atoms with Crippen LogP contribution in [-0.4, -0.2) is 4.57 Å². The van der Waals surface area contributed by atoms with E-state index in [9.17, 15) is 4.79 Å². The molecule has 0 bridgehead atoms. The van der Waals surface area contributed by atoms with E-state index < -0.39 is 0 Å². The van der Waals surface area contributed by atoms with Gasteiger partial charge in [-0.3, -0.25) is 4.79 Å². The van der Waals surface area contributed by atoms with E-state index in [0.29, 0.717) is 11.6 Å². The molecule has 18 heavy (non-hydrogen) atoms. The van der Waals surface area contributed by atoms with Gasteiger partial charge in [-0.1, -0.05) is 29.8 Å². The van der Waals surface area contributed by atoms with E-state index >= 15 is 0 Å². The maximum absolute atomic E-state index is 12.0. The standard InChI is InChI=1S/C14H11ClN2O/c1-10-6-7-11(8-16)14(18)17(10)9-12-4-2-3-5-13(12)15/h2-7H,9H2,1H3. The van der Waals surface area contributed by atoms with Crippen molar-refractivity contribution in [2.45, 2.75) is 13.5 Å². The second kappa shape index (κ2) is 5.07. The number of halogens is 1. The first-order chi connectivity index (χ1) is 8.63. The minimum atomic E-state index is -0.280. The molecule has 0 fully saturated rings. The summed E-state index contributed by atoms with van der Waals surface area (Å²) in [7, 11) is 0. The van der Waals surface area contributed by atoms with Gasteiger partial charge in [-0.25, -0.2) is 0 Å². The van der Waals surface area contributed by atoms with Crippen LogP contribution in [0.4, 0.5) is 0 Å². The Bertz CT molecular complexity index is 683. The molecule has 0 saturated heterocycles. The topological polar surface area (TPSA) is 45.8 Å². The summed E-state index contributed by atoms with van der Waals surface area (Å²) in [6.45, 7) is 2.21. The lowest BCUT2D eigenvalue weighted by atomic mass is 10.2. The summed E-state index contributed by atoms with van der Waals surface area (Å²) in [6.07, 6.45) is 0. The molecule has 0 aliphatic heterocycles. The average Bonchev–Trinajstić information content (AvgIpc) is 2.37. The fourth-order valence-electron chi connectivity index (χ4n) is 1.75. The van der Waals surface area contributed by atoms with Gasteiger partial charge in [-0.05, 0) is 30.7 Å². The molecule has 0 radical (unpaired) electrons. The van der Waals surface area contributed by atoms with E-state index in [-0.39, 0.29) is 11.1 Å². The molecule has 0 unspecified atom stereocenters. The quantitative estimate of drug-likeness (QED) is 0.831. The third kappa shape index (κ3) is 2.29. The molecule has 1 aromatic carbocycles. The maximum Gasteiger partial charge on any atom is 0.268 e. The third-order valence-electron chi connectivity index (χ3n) is 2.80. The molecule has 0 aliphatic carbocycles. The number of hydrogen-bond donors (Lipinski definition) is 0. The molecule has 0 atom stereocenters. The lowest BCUT2D eigenvalue weighted by Gasteiger charge is -2.11. The minimum Gasteiger partial charge on any atom is -0.307 e. The second-order valence-electron chi connectivity index (χ2n) is 3.98. The van der Waals surface area contributed by atoms with Gasteiger partial charge in [-0.2, -0.15) is 5.26 Å². The summed E-state index contributed by atoms with van der Waals surface area (Å²) >= 11 is 6.07. The Balaban J connectivity index is 2.51. The molecule has 0 amide bonds. The van der Waals surface area contributed by atoms with Gasteiger partial charge in [0.2, 0.25) is 0 Å². The van der Waals surface area contributed by atoms with Crippen molar-refractivity contribution >= 4 is 11.6 Å². The highest BCUT2D eigenvalue weighted by atomic mass is 35.5. The molecule has 2 aromatic rings. The van der Waals surface area contributed by atoms with Crippen molar-refractivity contribution in [2.24, 2.45) is 0 Å². The average molecular weight is 259 g/mol. The Morgan fingerprint density at radius 3 is 2.67 bits per heavy atom. The molecule has 0 aliphatic rings. The molecule has 0 spiro atoms. The largest absolute Gasteiger partial charge is 0.307 e. The number of rotatable bonds is 2. The third-order valence-corrected chi connectivity index (χ3v) is 3.17. The van der Waals surface area contributed by atoms with Crippen LogP contribution in [0.5, 0.6) is 0 Å². The first-order valence-electron chi connectivity index (χ1n) is 5.47. The molecular formula is C14H11ClN2O. The molecule has 0 saturated carbocycles. The molecule has 1 heterocycles. The van der Waals surface area contributed by atoms with Gasteiger partial charge in [0.05, 0.1) is 6.54 Å². The SMILES string of the molecule is Cc1ccc(C#N)c(=O)n1Cc1ccccc1Cl. The first-order valence-corrected chi connectivity index (χ1v) is 5.85. The van der Waals surface area contributed by atoms with Crippen LogP contribution in [0.25, 0.3) is 0 Å². The van der Waals surface area contributed by atoms with Gasteiger partial charge in [0.25, 0.3) is 5.56 Å². The van der Waals surface area contributed by atoms with E-state index in [4.69, 9.17) is 16.9 Å². The van der Waals surface area contributed by atoms with Crippen molar-refractivity contribution in [3.05, 3.63) is 68.6 Å². The first kappa shape index (κ1) is 12.4. The normalized spacial score (nSPS) is 10.1. The highest BCUT2D eigenvalue weighted by Gasteiger charge is 2.07. The monoisotopic (exact) mass is 258 g/mol. The number of nitrogens with zero attached hydrogens (tertiary/aromatic N) is 2. The van der Waals surface area contributed by atoms with Crippen LogP contribution in [0, 0.1) is 18.3 Å². The molecule has 0 N–H and O–H groups in total. The molecule has 1 aromatic heterocycles. The zero-order valence-electron chi connectivity index (χ0n) is 9.85. The predicted octanol–water partition coefficient (Wildman–Crippen LogP) is 2.73. The van der Waals surface area contributed by atoms with Crippen molar-refractivity contribution in [2.75, 3.05) is 0 Å². The Kier molecular flexibility index (Phi) is 3.50. The second-order valence-corrected chi connectivity index (χ2v) is 4.39. The fraction of sp³-hybridized carbons (Fsp3) is 0.143. The summed E-state index contributed by atoms with van der Waals surface area (Å²) in [5.74, 6) is 0. The van der Waals surface area contributed by atoms with Crippen molar-refractivity contribution in [1.29, 1.82) is 5.26 Å². The van der Waals surface area contributed by atoms with Crippen LogP contribution in [0.3, 0.4) is 0 Å². The van der Waals surface area contributed by atoms with Crippen molar-refractivity contribution < 1.29 is 0 Å². The van der Waals surface area contributed by atoms with Gasteiger partial charge in [0, 0.05) is 10.7 Å². The summed E-state index contributed by atoms with van der Waals surface area (Å²) < 4.78 is 1.56. The van der Waals surface area contributed by atoms with Gasteiger partial charge in [0.15, 0.2) is 0 Å². The summed E-state index contributed by atoms with van der Waals surface area (Å²) in [5.41, 5.74) is 1.53. The summed E-state index contributed by atoms with van der Waals surface area (Å²) in [4.78, 5) is 12.0. The smallest absolute Gasteiger partial charge is 0.268 e. The Morgan fingerprint density at radius 2 is 2.00 bits per heavy atom. The zero-order chi connectivity index (χ0) is 13.1. The van der Waals surface area contributed by atoms with Crippen molar-refractivity contribution in [3.8, 4) is 6.07 Å². The number of hydrogen-bond acceptors (Lipinski definition) is 2. The van der Waals surface area contributed by atoms with Crippen LogP contribution >= 0.6 is 11.6 Å². The van der Waals surface area contributed by atoms with Gasteiger partial charge in [-0.15, -0.1) is 0 Å². The molecule has 4 heteroatoms. The fourth-order valence-corrected chi connectivity index (χ4v) is 1.94. The number of aromatic nitrogens is 1. The lowest BCUT2D eigenvalue weighted by Crippen LogP contribution is -2.24. The van der Waals surface area contributed by atoms with E-state index in [0.717, 1.165) is 11.3 Å². The van der Waals surface area contributed by atoms with Crippen LogP contribution in [-0.2, 0) is 6.54 Å². The van der Waals surface area contributed by atoms with Gasteiger partial charge < -0.3 is 4.57 Å². The zero-order valence-corrected chi connectivity index (χ0v) is 10.6. The maximum atomic E-state index is 12.0. The van der Waals surface area contributed by atoms with Crippen molar-refractivity contribution in [3.63, 3.8) is 0 Å².